The molecule has 8 nitrogen and oxygen atoms in total. The van der Waals surface area contributed by atoms with E-state index >= 15 is 0 Å². The average molecular weight is 327 g/mol. The van der Waals surface area contributed by atoms with E-state index in [2.05, 4.69) is 20.6 Å². The molecule has 0 saturated carbocycles. The van der Waals surface area contributed by atoms with E-state index in [0.29, 0.717) is 5.82 Å². The lowest BCUT2D eigenvalue weighted by Gasteiger charge is -2.22. The highest BCUT2D eigenvalue weighted by Gasteiger charge is 2.36. The first kappa shape index (κ1) is 15.7. The molecular weight excluding hydrogens is 310 g/mol. The second-order valence-electron chi connectivity index (χ2n) is 5.13. The van der Waals surface area contributed by atoms with Gasteiger partial charge in [-0.25, -0.2) is 4.79 Å². The third-order valence-electron chi connectivity index (χ3n) is 3.50. The Morgan fingerprint density at radius 3 is 2.79 bits per heavy atom. The lowest BCUT2D eigenvalue weighted by atomic mass is 10.1. The van der Waals surface area contributed by atoms with Crippen molar-refractivity contribution in [2.24, 2.45) is 5.10 Å². The number of anilines is 2. The topological polar surface area (TPSA) is 99.7 Å². The number of H-pyrrole nitrogens is 1. The lowest BCUT2D eigenvalue weighted by molar-refractivity contribution is -0.135. The predicted molar refractivity (Wildman–Crippen MR) is 88.6 cm³/mol. The number of hydrazone groups is 1. The summed E-state index contributed by atoms with van der Waals surface area (Å²) in [7, 11) is 0. The zero-order valence-electron chi connectivity index (χ0n) is 13.1. The van der Waals surface area contributed by atoms with Crippen LogP contribution in [0.2, 0.25) is 0 Å². The zero-order valence-corrected chi connectivity index (χ0v) is 13.1. The molecule has 8 heteroatoms. The van der Waals surface area contributed by atoms with Gasteiger partial charge in [-0.05, 0) is 19.1 Å². The molecule has 1 aromatic heterocycles. The van der Waals surface area contributed by atoms with Gasteiger partial charge in [0.25, 0.3) is 5.91 Å². The van der Waals surface area contributed by atoms with Crippen molar-refractivity contribution in [2.45, 2.75) is 19.4 Å². The average Bonchev–Trinajstić information content (AvgIpc) is 3.25. The van der Waals surface area contributed by atoms with Crippen LogP contribution in [0.25, 0.3) is 0 Å². The van der Waals surface area contributed by atoms with Crippen molar-refractivity contribution in [3.63, 3.8) is 0 Å². The second-order valence-corrected chi connectivity index (χ2v) is 5.13. The molecule has 3 rings (SSSR count). The number of aromatic nitrogens is 2. The zero-order chi connectivity index (χ0) is 16.9. The van der Waals surface area contributed by atoms with Gasteiger partial charge >= 0.3 is 5.97 Å². The monoisotopic (exact) mass is 327 g/mol. The molecule has 0 bridgehead atoms. The highest BCUT2D eigenvalue weighted by atomic mass is 16.5. The summed E-state index contributed by atoms with van der Waals surface area (Å²) < 4.78 is 5.00. The molecule has 2 N–H and O–H groups in total. The molecule has 0 aliphatic carbocycles. The molecule has 1 amide bonds. The Kier molecular flexibility index (Phi) is 4.55. The summed E-state index contributed by atoms with van der Waals surface area (Å²) in [5.74, 6) is -0.306. The fourth-order valence-corrected chi connectivity index (χ4v) is 2.41. The molecule has 124 valence electrons. The number of ether oxygens (including phenoxy) is 1. The molecule has 0 spiro atoms. The van der Waals surface area contributed by atoms with Crippen LogP contribution in [0.3, 0.4) is 0 Å². The van der Waals surface area contributed by atoms with Gasteiger partial charge in [0.2, 0.25) is 0 Å². The van der Waals surface area contributed by atoms with Crippen LogP contribution >= 0.6 is 0 Å². The molecule has 1 aliphatic heterocycles. The maximum Gasteiger partial charge on any atom is 0.354 e. The first-order valence-corrected chi connectivity index (χ1v) is 7.58. The van der Waals surface area contributed by atoms with E-state index in [4.69, 9.17) is 4.74 Å². The maximum absolute atomic E-state index is 12.6. The fourth-order valence-electron chi connectivity index (χ4n) is 2.41. The van der Waals surface area contributed by atoms with E-state index in [9.17, 15) is 9.59 Å². The van der Waals surface area contributed by atoms with Gasteiger partial charge in [0, 0.05) is 12.5 Å². The summed E-state index contributed by atoms with van der Waals surface area (Å²) in [5, 5.41) is 15.0. The Morgan fingerprint density at radius 2 is 2.12 bits per heavy atom. The molecule has 2 aromatic rings. The highest BCUT2D eigenvalue weighted by Crippen LogP contribution is 2.25. The number of amides is 1. The second kappa shape index (κ2) is 6.95. The molecule has 0 unspecified atom stereocenters. The van der Waals surface area contributed by atoms with E-state index in [1.54, 1.807) is 19.2 Å². The summed E-state index contributed by atoms with van der Waals surface area (Å²) in [5.41, 5.74) is 0.951. The van der Waals surface area contributed by atoms with Crippen LogP contribution in [0, 0.1) is 0 Å². The number of esters is 1. The Hall–Kier alpha value is -3.16. The quantitative estimate of drug-likeness (QED) is 0.812. The van der Waals surface area contributed by atoms with Crippen molar-refractivity contribution in [1.29, 1.82) is 0 Å². The highest BCUT2D eigenvalue weighted by molar-refractivity contribution is 6.38. The Balaban J connectivity index is 1.84. The van der Waals surface area contributed by atoms with E-state index < -0.39 is 12.0 Å². The molecule has 24 heavy (non-hydrogen) atoms. The number of rotatable bonds is 5. The van der Waals surface area contributed by atoms with Crippen LogP contribution in [0.4, 0.5) is 11.5 Å². The summed E-state index contributed by atoms with van der Waals surface area (Å²) in [6.45, 7) is 1.99. The number of nitrogens with one attached hydrogen (secondary N) is 2. The van der Waals surface area contributed by atoms with Crippen molar-refractivity contribution >= 4 is 29.1 Å². The minimum absolute atomic E-state index is 0.174. The Bertz CT molecular complexity index is 742. The molecule has 1 aliphatic rings. The van der Waals surface area contributed by atoms with Crippen LogP contribution < -0.4 is 10.3 Å². The predicted octanol–water partition coefficient (Wildman–Crippen LogP) is 1.55. The van der Waals surface area contributed by atoms with Gasteiger partial charge in [-0.15, -0.1) is 0 Å². The molecule has 1 aromatic carbocycles. The number of carbonyl (C=O) groups is 2. The number of benzene rings is 1. The smallest absolute Gasteiger partial charge is 0.354 e. The molecule has 0 radical (unpaired) electrons. The van der Waals surface area contributed by atoms with E-state index in [1.807, 2.05) is 30.3 Å². The van der Waals surface area contributed by atoms with Crippen molar-refractivity contribution < 1.29 is 14.3 Å². The van der Waals surface area contributed by atoms with Gasteiger partial charge in [-0.3, -0.25) is 14.9 Å². The van der Waals surface area contributed by atoms with Gasteiger partial charge in [0.15, 0.2) is 0 Å². The molecular formula is C16H17N5O3. The lowest BCUT2D eigenvalue weighted by Crippen LogP contribution is -2.38. The Morgan fingerprint density at radius 1 is 1.33 bits per heavy atom. The summed E-state index contributed by atoms with van der Waals surface area (Å²) in [4.78, 5) is 24.6. The van der Waals surface area contributed by atoms with Crippen molar-refractivity contribution in [3.8, 4) is 0 Å². The molecule has 2 heterocycles. The number of aromatic amines is 1. The van der Waals surface area contributed by atoms with Gasteiger partial charge in [0.1, 0.15) is 17.6 Å². The third-order valence-corrected chi connectivity index (χ3v) is 3.50. The SMILES string of the molecule is CCOC(=O)C1=NN(c2ccccc2)[C@H](C(=O)Nc2ccn[nH]2)C1. The minimum Gasteiger partial charge on any atom is -0.461 e. The van der Waals surface area contributed by atoms with Crippen LogP contribution in [0.15, 0.2) is 47.7 Å². The third kappa shape index (κ3) is 3.27. The van der Waals surface area contributed by atoms with Gasteiger partial charge < -0.3 is 10.1 Å². The number of para-hydroxylation sites is 1. The summed E-state index contributed by atoms with van der Waals surface area (Å²) in [6.07, 6.45) is 1.72. The normalized spacial score (nSPS) is 16.6. The van der Waals surface area contributed by atoms with Gasteiger partial charge in [-0.1, -0.05) is 18.2 Å². The van der Waals surface area contributed by atoms with Gasteiger partial charge in [-0.2, -0.15) is 10.2 Å². The van der Waals surface area contributed by atoms with Crippen molar-refractivity contribution in [1.82, 2.24) is 10.2 Å². The van der Waals surface area contributed by atoms with E-state index in [0.717, 1.165) is 5.69 Å². The number of hydrogen-bond acceptors (Lipinski definition) is 6. The standard InChI is InChI=1S/C16H17N5O3/c1-2-24-16(23)12-10-13(15(22)18-14-8-9-17-19-14)21(20-12)11-6-4-3-5-7-11/h3-9,13H,2,10H2,1H3,(H2,17,18,19,22)/t13-/m0/s1. The van der Waals surface area contributed by atoms with Crippen molar-refractivity contribution in [3.05, 3.63) is 42.6 Å². The fraction of sp³-hybridized carbons (Fsp3) is 0.250. The largest absolute Gasteiger partial charge is 0.461 e. The Labute approximate surface area is 138 Å². The number of nitrogens with zero attached hydrogens (tertiary/aromatic N) is 3. The van der Waals surface area contributed by atoms with Crippen LogP contribution in [-0.4, -0.2) is 40.4 Å². The maximum atomic E-state index is 12.6. The van der Waals surface area contributed by atoms with E-state index in [1.165, 1.54) is 5.01 Å². The molecule has 0 saturated heterocycles. The first-order chi connectivity index (χ1) is 11.7. The van der Waals surface area contributed by atoms with Crippen LogP contribution in [0.5, 0.6) is 0 Å². The molecule has 1 atom stereocenters. The summed E-state index contributed by atoms with van der Waals surface area (Å²) >= 11 is 0. The number of carbonyl (C=O) groups excluding carboxylic acids is 2. The first-order valence-electron chi connectivity index (χ1n) is 7.58. The van der Waals surface area contributed by atoms with Crippen LogP contribution in [0.1, 0.15) is 13.3 Å². The molecule has 0 fully saturated rings. The van der Waals surface area contributed by atoms with E-state index in [-0.39, 0.29) is 24.6 Å². The van der Waals surface area contributed by atoms with Crippen LogP contribution in [-0.2, 0) is 14.3 Å². The van der Waals surface area contributed by atoms with Crippen molar-refractivity contribution in [2.75, 3.05) is 16.9 Å². The minimum atomic E-state index is -0.643. The summed E-state index contributed by atoms with van der Waals surface area (Å²) in [6, 6.07) is 10.2. The number of hydrogen-bond donors (Lipinski definition) is 2. The van der Waals surface area contributed by atoms with Gasteiger partial charge in [0.05, 0.1) is 18.5 Å².